The summed E-state index contributed by atoms with van der Waals surface area (Å²) in [4.78, 5) is 13.0. The molecule has 3 rings (SSSR count). The van der Waals surface area contributed by atoms with E-state index in [9.17, 15) is 4.79 Å². The van der Waals surface area contributed by atoms with Gasteiger partial charge in [-0.05, 0) is 37.7 Å². The third kappa shape index (κ3) is 1.92. The van der Waals surface area contributed by atoms with E-state index in [1.54, 1.807) is 12.1 Å². The molecule has 0 amide bonds. The van der Waals surface area contributed by atoms with Crippen LogP contribution in [0.25, 0.3) is 0 Å². The van der Waals surface area contributed by atoms with Gasteiger partial charge in [0.1, 0.15) is 0 Å². The standard InChI is InChI=1S/C12H15NO3/c14-12(15)10-5-6-11(16-10)13(9-3-4-9)7-8-1-2-8/h5-6,8-9H,1-4,7H2,(H,14,15). The lowest BCUT2D eigenvalue weighted by atomic mass is 10.3. The average Bonchev–Trinajstić information content (AvgIpc) is 3.14. The minimum absolute atomic E-state index is 0.0384. The third-order valence-corrected chi connectivity index (χ3v) is 3.23. The maximum atomic E-state index is 10.7. The second-order valence-electron chi connectivity index (χ2n) is 4.77. The molecule has 2 saturated carbocycles. The van der Waals surface area contributed by atoms with Crippen molar-refractivity contribution in [2.45, 2.75) is 31.7 Å². The summed E-state index contributed by atoms with van der Waals surface area (Å²) < 4.78 is 5.36. The van der Waals surface area contributed by atoms with Gasteiger partial charge in [0.25, 0.3) is 0 Å². The fourth-order valence-electron chi connectivity index (χ4n) is 1.98. The quantitative estimate of drug-likeness (QED) is 0.829. The van der Waals surface area contributed by atoms with Crippen molar-refractivity contribution in [3.63, 3.8) is 0 Å². The Morgan fingerprint density at radius 1 is 1.38 bits per heavy atom. The van der Waals surface area contributed by atoms with E-state index in [1.165, 1.54) is 25.7 Å². The summed E-state index contributed by atoms with van der Waals surface area (Å²) in [7, 11) is 0. The first-order valence-electron chi connectivity index (χ1n) is 5.84. The highest BCUT2D eigenvalue weighted by Gasteiger charge is 2.35. The SMILES string of the molecule is O=C(O)c1ccc(N(CC2CC2)C2CC2)o1. The molecule has 1 aromatic heterocycles. The second-order valence-corrected chi connectivity index (χ2v) is 4.77. The lowest BCUT2D eigenvalue weighted by Gasteiger charge is -2.21. The van der Waals surface area contributed by atoms with E-state index in [0.29, 0.717) is 6.04 Å². The van der Waals surface area contributed by atoms with E-state index in [-0.39, 0.29) is 5.76 Å². The highest BCUT2D eigenvalue weighted by atomic mass is 16.4. The number of anilines is 1. The van der Waals surface area contributed by atoms with Crippen LogP contribution in [0.15, 0.2) is 16.5 Å². The smallest absolute Gasteiger partial charge is 0.371 e. The molecule has 1 N–H and O–H groups in total. The number of rotatable bonds is 5. The van der Waals surface area contributed by atoms with Crippen molar-refractivity contribution >= 4 is 11.9 Å². The molecule has 0 atom stereocenters. The zero-order chi connectivity index (χ0) is 11.1. The molecular formula is C12H15NO3. The van der Waals surface area contributed by atoms with Crippen molar-refractivity contribution in [2.24, 2.45) is 5.92 Å². The van der Waals surface area contributed by atoms with Crippen LogP contribution in [0.1, 0.15) is 36.2 Å². The molecule has 2 aliphatic carbocycles. The van der Waals surface area contributed by atoms with Crippen LogP contribution in [0.3, 0.4) is 0 Å². The molecule has 0 aliphatic heterocycles. The van der Waals surface area contributed by atoms with Gasteiger partial charge in [-0.15, -0.1) is 0 Å². The Balaban J connectivity index is 1.77. The van der Waals surface area contributed by atoms with Crippen molar-refractivity contribution in [3.05, 3.63) is 17.9 Å². The molecule has 0 radical (unpaired) electrons. The fourth-order valence-corrected chi connectivity index (χ4v) is 1.98. The topological polar surface area (TPSA) is 53.7 Å². The van der Waals surface area contributed by atoms with Crippen LogP contribution in [0.2, 0.25) is 0 Å². The Labute approximate surface area is 93.8 Å². The van der Waals surface area contributed by atoms with Crippen molar-refractivity contribution in [1.82, 2.24) is 0 Å². The molecular weight excluding hydrogens is 206 g/mol. The number of carboxylic acids is 1. The van der Waals surface area contributed by atoms with E-state index in [1.807, 2.05) is 0 Å². The summed E-state index contributed by atoms with van der Waals surface area (Å²) in [5.41, 5.74) is 0. The molecule has 0 bridgehead atoms. The monoisotopic (exact) mass is 221 g/mol. The Morgan fingerprint density at radius 3 is 2.62 bits per heavy atom. The van der Waals surface area contributed by atoms with Gasteiger partial charge in [-0.2, -0.15) is 0 Å². The average molecular weight is 221 g/mol. The van der Waals surface area contributed by atoms with Crippen LogP contribution in [0.4, 0.5) is 5.88 Å². The normalized spacial score (nSPS) is 19.8. The Kier molecular flexibility index (Phi) is 2.16. The van der Waals surface area contributed by atoms with Crippen LogP contribution in [-0.4, -0.2) is 23.7 Å². The largest absolute Gasteiger partial charge is 0.475 e. The zero-order valence-corrected chi connectivity index (χ0v) is 9.06. The molecule has 2 fully saturated rings. The lowest BCUT2D eigenvalue weighted by molar-refractivity contribution is 0.0663. The summed E-state index contributed by atoms with van der Waals surface area (Å²) in [5.74, 6) is 0.565. The van der Waals surface area contributed by atoms with E-state index in [2.05, 4.69) is 4.90 Å². The number of furan rings is 1. The van der Waals surface area contributed by atoms with Gasteiger partial charge in [0.2, 0.25) is 5.76 Å². The van der Waals surface area contributed by atoms with Gasteiger partial charge in [0.15, 0.2) is 5.88 Å². The predicted octanol–water partition coefficient (Wildman–Crippen LogP) is 2.36. The molecule has 1 heterocycles. The van der Waals surface area contributed by atoms with Crippen LogP contribution in [0.5, 0.6) is 0 Å². The van der Waals surface area contributed by atoms with Crippen molar-refractivity contribution in [3.8, 4) is 0 Å². The van der Waals surface area contributed by atoms with Crippen LogP contribution in [0, 0.1) is 5.92 Å². The Morgan fingerprint density at radius 2 is 2.12 bits per heavy atom. The van der Waals surface area contributed by atoms with E-state index in [0.717, 1.165) is 18.3 Å². The summed E-state index contributed by atoms with van der Waals surface area (Å²) >= 11 is 0. The molecule has 0 unspecified atom stereocenters. The summed E-state index contributed by atoms with van der Waals surface area (Å²) in [6.45, 7) is 1.03. The van der Waals surface area contributed by atoms with E-state index in [4.69, 9.17) is 9.52 Å². The molecule has 16 heavy (non-hydrogen) atoms. The molecule has 0 spiro atoms. The van der Waals surface area contributed by atoms with Crippen LogP contribution >= 0.6 is 0 Å². The van der Waals surface area contributed by atoms with Gasteiger partial charge >= 0.3 is 5.97 Å². The van der Waals surface area contributed by atoms with E-state index < -0.39 is 5.97 Å². The summed E-state index contributed by atoms with van der Waals surface area (Å²) in [6.07, 6.45) is 5.01. The number of carbonyl (C=O) groups is 1. The first kappa shape index (κ1) is 9.75. The minimum Gasteiger partial charge on any atom is -0.475 e. The molecule has 1 aromatic rings. The minimum atomic E-state index is -0.992. The number of aromatic carboxylic acids is 1. The molecule has 0 saturated heterocycles. The van der Waals surface area contributed by atoms with Gasteiger partial charge in [-0.25, -0.2) is 4.79 Å². The maximum Gasteiger partial charge on any atom is 0.371 e. The van der Waals surface area contributed by atoms with Gasteiger partial charge in [0.05, 0.1) is 0 Å². The Bertz CT molecular complexity index is 404. The molecule has 86 valence electrons. The zero-order valence-electron chi connectivity index (χ0n) is 9.06. The van der Waals surface area contributed by atoms with Crippen molar-refractivity contribution < 1.29 is 14.3 Å². The lowest BCUT2D eigenvalue weighted by Crippen LogP contribution is -2.27. The van der Waals surface area contributed by atoms with Crippen molar-refractivity contribution in [2.75, 3.05) is 11.4 Å². The molecule has 4 heteroatoms. The van der Waals surface area contributed by atoms with Gasteiger partial charge in [0, 0.05) is 18.7 Å². The third-order valence-electron chi connectivity index (χ3n) is 3.23. The van der Waals surface area contributed by atoms with Crippen LogP contribution < -0.4 is 4.90 Å². The molecule has 0 aromatic carbocycles. The van der Waals surface area contributed by atoms with Gasteiger partial charge < -0.3 is 14.4 Å². The number of hydrogen-bond acceptors (Lipinski definition) is 3. The first-order chi connectivity index (χ1) is 7.74. The van der Waals surface area contributed by atoms with Gasteiger partial charge in [-0.1, -0.05) is 0 Å². The number of hydrogen-bond donors (Lipinski definition) is 1. The molecule has 2 aliphatic rings. The fraction of sp³-hybridized carbons (Fsp3) is 0.583. The maximum absolute atomic E-state index is 10.7. The highest BCUT2D eigenvalue weighted by molar-refractivity contribution is 5.84. The number of nitrogens with zero attached hydrogens (tertiary/aromatic N) is 1. The highest BCUT2D eigenvalue weighted by Crippen LogP contribution is 2.38. The van der Waals surface area contributed by atoms with E-state index >= 15 is 0 Å². The van der Waals surface area contributed by atoms with Crippen LogP contribution in [-0.2, 0) is 0 Å². The van der Waals surface area contributed by atoms with Gasteiger partial charge in [-0.3, -0.25) is 0 Å². The van der Waals surface area contributed by atoms with Crippen molar-refractivity contribution in [1.29, 1.82) is 0 Å². The first-order valence-corrected chi connectivity index (χ1v) is 5.84. The summed E-state index contributed by atoms with van der Waals surface area (Å²) in [6, 6.07) is 3.90. The second kappa shape index (κ2) is 3.54. The number of carboxylic acid groups (broad SMARTS) is 1. The summed E-state index contributed by atoms with van der Waals surface area (Å²) in [5, 5.41) is 8.82. The molecule has 4 nitrogen and oxygen atoms in total. The Hall–Kier alpha value is -1.45. The predicted molar refractivity (Wildman–Crippen MR) is 58.8 cm³/mol.